The Labute approximate surface area is 111 Å². The molecule has 0 atom stereocenters. The van der Waals surface area contributed by atoms with Gasteiger partial charge < -0.3 is 14.2 Å². The lowest BCUT2D eigenvalue weighted by atomic mass is 10.3. The molecule has 5 nitrogen and oxygen atoms in total. The molecule has 0 aliphatic rings. The fourth-order valence-corrected chi connectivity index (χ4v) is 1.64. The third-order valence-electron chi connectivity index (χ3n) is 2.54. The average Bonchev–Trinajstić information content (AvgIpc) is 2.38. The maximum atomic E-state index is 8.63. The number of nitriles is 1. The summed E-state index contributed by atoms with van der Waals surface area (Å²) in [5, 5.41) is 8.63. The molecule has 0 N–H and O–H groups in total. The molecular formula is C13H26N2O3. The van der Waals surface area contributed by atoms with Crippen LogP contribution in [-0.4, -0.2) is 57.8 Å². The van der Waals surface area contributed by atoms with E-state index in [0.29, 0.717) is 26.2 Å². The Morgan fingerprint density at radius 3 is 2.28 bits per heavy atom. The van der Waals surface area contributed by atoms with Crippen molar-refractivity contribution < 1.29 is 14.2 Å². The van der Waals surface area contributed by atoms with E-state index in [2.05, 4.69) is 11.0 Å². The minimum absolute atomic E-state index is 0.146. The van der Waals surface area contributed by atoms with Gasteiger partial charge in [0.1, 0.15) is 0 Å². The summed E-state index contributed by atoms with van der Waals surface area (Å²) in [6.45, 7) is 8.37. The average molecular weight is 258 g/mol. The number of hydrogen-bond donors (Lipinski definition) is 0. The number of hydrogen-bond acceptors (Lipinski definition) is 5. The summed E-state index contributed by atoms with van der Waals surface area (Å²) in [4.78, 5) is 2.21. The Morgan fingerprint density at radius 1 is 1.11 bits per heavy atom. The Balaban J connectivity index is 3.99. The van der Waals surface area contributed by atoms with Crippen LogP contribution in [0.1, 0.15) is 26.7 Å². The van der Waals surface area contributed by atoms with Crippen LogP contribution < -0.4 is 0 Å². The predicted octanol–water partition coefficient (Wildman–Crippen LogP) is 1.64. The van der Waals surface area contributed by atoms with Crippen LogP contribution in [0.2, 0.25) is 0 Å². The fourth-order valence-electron chi connectivity index (χ4n) is 1.64. The summed E-state index contributed by atoms with van der Waals surface area (Å²) in [6.07, 6.45) is 1.21. The van der Waals surface area contributed by atoms with Crippen molar-refractivity contribution in [3.8, 4) is 6.07 Å². The van der Waals surface area contributed by atoms with Gasteiger partial charge in [0.15, 0.2) is 6.29 Å². The van der Waals surface area contributed by atoms with E-state index >= 15 is 0 Å². The summed E-state index contributed by atoms with van der Waals surface area (Å²) < 4.78 is 16.1. The van der Waals surface area contributed by atoms with Crippen molar-refractivity contribution in [2.45, 2.75) is 33.0 Å². The van der Waals surface area contributed by atoms with Gasteiger partial charge in [-0.3, -0.25) is 4.90 Å². The topological polar surface area (TPSA) is 54.7 Å². The van der Waals surface area contributed by atoms with Gasteiger partial charge >= 0.3 is 0 Å². The molecule has 0 aromatic carbocycles. The van der Waals surface area contributed by atoms with Crippen molar-refractivity contribution in [3.05, 3.63) is 0 Å². The molecule has 106 valence electrons. The lowest BCUT2D eigenvalue weighted by Crippen LogP contribution is -2.32. The van der Waals surface area contributed by atoms with Crippen LogP contribution in [0.5, 0.6) is 0 Å². The molecule has 0 spiro atoms. The highest BCUT2D eigenvalue weighted by molar-refractivity contribution is 4.72. The summed E-state index contributed by atoms with van der Waals surface area (Å²) in [5.41, 5.74) is 0. The second-order valence-electron chi connectivity index (χ2n) is 3.87. The molecule has 5 heteroatoms. The van der Waals surface area contributed by atoms with Gasteiger partial charge in [0, 0.05) is 52.8 Å². The van der Waals surface area contributed by atoms with E-state index in [1.165, 1.54) is 0 Å². The van der Waals surface area contributed by atoms with Crippen LogP contribution >= 0.6 is 0 Å². The van der Waals surface area contributed by atoms with Gasteiger partial charge in [-0.05, 0) is 13.8 Å². The third-order valence-corrected chi connectivity index (χ3v) is 2.54. The highest BCUT2D eigenvalue weighted by Gasteiger charge is 2.11. The van der Waals surface area contributed by atoms with E-state index in [9.17, 15) is 0 Å². The second-order valence-corrected chi connectivity index (χ2v) is 3.87. The molecular weight excluding hydrogens is 232 g/mol. The zero-order valence-corrected chi connectivity index (χ0v) is 11.9. The van der Waals surface area contributed by atoms with Gasteiger partial charge in [0.2, 0.25) is 0 Å². The maximum absolute atomic E-state index is 8.63. The quantitative estimate of drug-likeness (QED) is 0.498. The van der Waals surface area contributed by atoms with Crippen LogP contribution in [0.15, 0.2) is 0 Å². The molecule has 0 saturated heterocycles. The minimum atomic E-state index is -0.146. The number of methoxy groups -OCH3 is 1. The first-order valence-electron chi connectivity index (χ1n) is 6.59. The zero-order chi connectivity index (χ0) is 13.6. The third kappa shape index (κ3) is 9.37. The normalized spacial score (nSPS) is 11.1. The number of ether oxygens (including phenoxy) is 3. The summed E-state index contributed by atoms with van der Waals surface area (Å²) >= 11 is 0. The van der Waals surface area contributed by atoms with Gasteiger partial charge in [-0.2, -0.15) is 5.26 Å². The van der Waals surface area contributed by atoms with Gasteiger partial charge in [-0.25, -0.2) is 0 Å². The monoisotopic (exact) mass is 258 g/mol. The molecule has 0 aromatic heterocycles. The summed E-state index contributed by atoms with van der Waals surface area (Å²) in [6, 6.07) is 2.17. The van der Waals surface area contributed by atoms with Crippen LogP contribution in [0, 0.1) is 11.3 Å². The lowest BCUT2D eigenvalue weighted by molar-refractivity contribution is -0.141. The van der Waals surface area contributed by atoms with E-state index in [4.69, 9.17) is 19.5 Å². The molecule has 0 bridgehead atoms. The predicted molar refractivity (Wildman–Crippen MR) is 70.2 cm³/mol. The Hall–Kier alpha value is -0.670. The Morgan fingerprint density at radius 2 is 1.78 bits per heavy atom. The van der Waals surface area contributed by atoms with Crippen molar-refractivity contribution in [1.82, 2.24) is 4.90 Å². The minimum Gasteiger partial charge on any atom is -0.383 e. The van der Waals surface area contributed by atoms with Crippen LogP contribution in [0.4, 0.5) is 0 Å². The molecule has 0 saturated carbocycles. The first-order chi connectivity index (χ1) is 8.78. The van der Waals surface area contributed by atoms with Crippen LogP contribution in [-0.2, 0) is 14.2 Å². The smallest absolute Gasteiger partial charge is 0.158 e. The van der Waals surface area contributed by atoms with Gasteiger partial charge in [-0.15, -0.1) is 0 Å². The Bertz CT molecular complexity index is 213. The first-order valence-corrected chi connectivity index (χ1v) is 6.59. The van der Waals surface area contributed by atoms with Crippen molar-refractivity contribution in [3.63, 3.8) is 0 Å². The fraction of sp³-hybridized carbons (Fsp3) is 0.923. The molecule has 0 amide bonds. The van der Waals surface area contributed by atoms with Gasteiger partial charge in [-0.1, -0.05) is 0 Å². The number of rotatable bonds is 12. The highest BCUT2D eigenvalue weighted by atomic mass is 16.7. The molecule has 0 heterocycles. The largest absolute Gasteiger partial charge is 0.383 e. The van der Waals surface area contributed by atoms with E-state index in [1.54, 1.807) is 7.11 Å². The van der Waals surface area contributed by atoms with Crippen molar-refractivity contribution in [2.75, 3.05) is 46.6 Å². The molecule has 0 aliphatic carbocycles. The summed E-state index contributed by atoms with van der Waals surface area (Å²) in [7, 11) is 1.69. The molecule has 0 rings (SSSR count). The van der Waals surface area contributed by atoms with E-state index in [1.807, 2.05) is 13.8 Å². The van der Waals surface area contributed by atoms with Gasteiger partial charge in [0.05, 0.1) is 12.7 Å². The summed E-state index contributed by atoms with van der Waals surface area (Å²) in [5.74, 6) is 0. The molecule has 0 fully saturated rings. The Kier molecular flexibility index (Phi) is 12.3. The standard InChI is InChI=1S/C13H26N2O3/c1-4-17-13(18-5-2)7-10-15(9-6-8-14)11-12-16-3/h13H,4-7,9-12H2,1-3H3. The van der Waals surface area contributed by atoms with Gasteiger partial charge in [0.25, 0.3) is 0 Å². The van der Waals surface area contributed by atoms with Crippen molar-refractivity contribution in [2.24, 2.45) is 0 Å². The van der Waals surface area contributed by atoms with Crippen molar-refractivity contribution >= 4 is 0 Å². The molecule has 18 heavy (non-hydrogen) atoms. The zero-order valence-electron chi connectivity index (χ0n) is 11.9. The highest BCUT2D eigenvalue weighted by Crippen LogP contribution is 2.04. The number of nitrogens with zero attached hydrogens (tertiary/aromatic N) is 2. The molecule has 0 aromatic rings. The van der Waals surface area contributed by atoms with Crippen LogP contribution in [0.25, 0.3) is 0 Å². The molecule has 0 unspecified atom stereocenters. The molecule has 0 radical (unpaired) electrons. The van der Waals surface area contributed by atoms with E-state index in [0.717, 1.165) is 26.1 Å². The second kappa shape index (κ2) is 12.8. The van der Waals surface area contributed by atoms with E-state index in [-0.39, 0.29) is 6.29 Å². The molecule has 0 aliphatic heterocycles. The maximum Gasteiger partial charge on any atom is 0.158 e. The lowest BCUT2D eigenvalue weighted by Gasteiger charge is -2.24. The first kappa shape index (κ1) is 17.3. The SMILES string of the molecule is CCOC(CCN(CCC#N)CCOC)OCC. The van der Waals surface area contributed by atoms with Crippen LogP contribution in [0.3, 0.4) is 0 Å². The van der Waals surface area contributed by atoms with E-state index < -0.39 is 0 Å². The van der Waals surface area contributed by atoms with Crippen molar-refractivity contribution in [1.29, 1.82) is 5.26 Å².